The molecule has 1 amide bonds. The van der Waals surface area contributed by atoms with E-state index in [1.165, 1.54) is 0 Å². The second kappa shape index (κ2) is 7.44. The molecule has 3 fully saturated rings. The Labute approximate surface area is 143 Å². The lowest BCUT2D eigenvalue weighted by Crippen LogP contribution is -2.58. The lowest BCUT2D eigenvalue weighted by Gasteiger charge is -2.49. The minimum absolute atomic E-state index is 0.125. The van der Waals surface area contributed by atoms with Gasteiger partial charge in [-0.1, -0.05) is 11.3 Å². The van der Waals surface area contributed by atoms with Crippen LogP contribution in [0.3, 0.4) is 0 Å². The second-order valence-corrected chi connectivity index (χ2v) is 6.91. The Morgan fingerprint density at radius 3 is 3.08 bits per heavy atom. The molecule has 0 aromatic carbocycles. The van der Waals surface area contributed by atoms with Gasteiger partial charge in [0.25, 0.3) is 0 Å². The largest absolute Gasteiger partial charge is 0.378 e. The fourth-order valence-electron chi connectivity index (χ4n) is 4.03. The van der Waals surface area contributed by atoms with E-state index in [-0.39, 0.29) is 11.8 Å². The molecule has 1 aromatic heterocycles. The number of piperidine rings is 3. The van der Waals surface area contributed by atoms with Crippen molar-refractivity contribution in [1.29, 1.82) is 0 Å². The van der Waals surface area contributed by atoms with Crippen LogP contribution in [-0.4, -0.2) is 70.5 Å². The summed E-state index contributed by atoms with van der Waals surface area (Å²) < 4.78 is 6.99. The average molecular weight is 333 g/mol. The third kappa shape index (κ3) is 3.52. The first-order chi connectivity index (χ1) is 11.6. The van der Waals surface area contributed by atoms with Crippen molar-refractivity contribution in [2.45, 2.75) is 32.0 Å². The molecule has 4 atom stereocenters. The van der Waals surface area contributed by atoms with Gasteiger partial charge < -0.3 is 9.64 Å². The van der Waals surface area contributed by atoms with Crippen molar-refractivity contribution < 1.29 is 9.53 Å². The first-order valence-electron chi connectivity index (χ1n) is 8.60. The number of hydrogen-bond donors (Lipinski definition) is 0. The van der Waals surface area contributed by atoms with Crippen LogP contribution in [0, 0.1) is 11.8 Å². The molecule has 24 heavy (non-hydrogen) atoms. The van der Waals surface area contributed by atoms with Gasteiger partial charge in [-0.05, 0) is 25.3 Å². The standard InChI is InChI=1S/C17H27N5O2/c1-4-6-20(2)17(23)16-11-21-7-5-13(16)8-15(21)10-22-9-14(12-24-3)18-19-22/h4,9,13,15-16H,1,5-8,10-12H2,2-3H3. The van der Waals surface area contributed by atoms with Gasteiger partial charge in [0.15, 0.2) is 0 Å². The molecule has 0 aliphatic carbocycles. The lowest BCUT2D eigenvalue weighted by molar-refractivity contribution is -0.142. The van der Waals surface area contributed by atoms with Crippen LogP contribution in [0.4, 0.5) is 0 Å². The van der Waals surface area contributed by atoms with Gasteiger partial charge >= 0.3 is 0 Å². The van der Waals surface area contributed by atoms with Crippen molar-refractivity contribution in [2.24, 2.45) is 11.8 Å². The SMILES string of the molecule is C=CCN(C)C(=O)C1CN2CCC1CC2Cn1cc(COC)nn1. The van der Waals surface area contributed by atoms with Gasteiger partial charge in [0.1, 0.15) is 5.69 Å². The molecule has 4 rings (SSSR count). The number of carbonyl (C=O) groups excluding carboxylic acids is 1. The van der Waals surface area contributed by atoms with Crippen LogP contribution in [-0.2, 0) is 22.7 Å². The van der Waals surface area contributed by atoms with Crippen LogP contribution in [0.25, 0.3) is 0 Å². The quantitative estimate of drug-likeness (QED) is 0.690. The monoisotopic (exact) mass is 333 g/mol. The molecule has 3 saturated heterocycles. The maximum atomic E-state index is 12.6. The molecule has 4 unspecified atom stereocenters. The van der Waals surface area contributed by atoms with Crippen molar-refractivity contribution in [3.8, 4) is 0 Å². The average Bonchev–Trinajstić information content (AvgIpc) is 3.02. The minimum atomic E-state index is 0.125. The number of methoxy groups -OCH3 is 1. The number of rotatable bonds is 7. The molecule has 0 saturated carbocycles. The van der Waals surface area contributed by atoms with Crippen LogP contribution in [0.2, 0.25) is 0 Å². The van der Waals surface area contributed by atoms with Gasteiger partial charge in [-0.25, -0.2) is 0 Å². The number of fused-ring (bicyclic) bond motifs is 3. The molecule has 3 aliphatic rings. The number of likely N-dealkylation sites (N-methyl/N-ethyl adjacent to an activating group) is 1. The number of hydrogen-bond acceptors (Lipinski definition) is 5. The molecular weight excluding hydrogens is 306 g/mol. The van der Waals surface area contributed by atoms with E-state index in [0.717, 1.165) is 38.2 Å². The zero-order valence-electron chi connectivity index (χ0n) is 14.6. The summed E-state index contributed by atoms with van der Waals surface area (Å²) >= 11 is 0. The third-order valence-corrected chi connectivity index (χ3v) is 5.25. The highest BCUT2D eigenvalue weighted by Crippen LogP contribution is 2.37. The van der Waals surface area contributed by atoms with E-state index in [1.54, 1.807) is 18.1 Å². The molecule has 0 spiro atoms. The van der Waals surface area contributed by atoms with Gasteiger partial charge in [-0.15, -0.1) is 11.7 Å². The van der Waals surface area contributed by atoms with Crippen molar-refractivity contribution in [3.05, 3.63) is 24.5 Å². The second-order valence-electron chi connectivity index (χ2n) is 6.91. The van der Waals surface area contributed by atoms with E-state index in [4.69, 9.17) is 4.74 Å². The summed E-state index contributed by atoms with van der Waals surface area (Å²) in [5.74, 6) is 0.854. The van der Waals surface area contributed by atoms with Crippen LogP contribution in [0.5, 0.6) is 0 Å². The molecule has 0 radical (unpaired) electrons. The summed E-state index contributed by atoms with van der Waals surface area (Å²) in [6.07, 6.45) is 5.90. The van der Waals surface area contributed by atoms with Crippen LogP contribution in [0.1, 0.15) is 18.5 Å². The molecular formula is C17H27N5O2. The number of amides is 1. The van der Waals surface area contributed by atoms with E-state index in [9.17, 15) is 4.79 Å². The number of ether oxygens (including phenoxy) is 1. The Morgan fingerprint density at radius 2 is 2.42 bits per heavy atom. The zero-order chi connectivity index (χ0) is 17.1. The maximum absolute atomic E-state index is 12.6. The van der Waals surface area contributed by atoms with Crippen molar-refractivity contribution in [2.75, 3.05) is 33.8 Å². The number of nitrogens with zero attached hydrogens (tertiary/aromatic N) is 5. The molecule has 7 nitrogen and oxygen atoms in total. The molecule has 3 aliphatic heterocycles. The van der Waals surface area contributed by atoms with Crippen LogP contribution < -0.4 is 0 Å². The molecule has 7 heteroatoms. The van der Waals surface area contributed by atoms with E-state index in [1.807, 2.05) is 17.9 Å². The Bertz CT molecular complexity index is 587. The van der Waals surface area contributed by atoms with Gasteiger partial charge in [0, 0.05) is 33.3 Å². The zero-order valence-corrected chi connectivity index (χ0v) is 14.6. The summed E-state index contributed by atoms with van der Waals surface area (Å²) in [7, 11) is 3.52. The third-order valence-electron chi connectivity index (χ3n) is 5.25. The summed E-state index contributed by atoms with van der Waals surface area (Å²) in [4.78, 5) is 16.9. The normalized spacial score (nSPS) is 28.8. The highest BCUT2D eigenvalue weighted by Gasteiger charge is 2.43. The van der Waals surface area contributed by atoms with Crippen LogP contribution >= 0.6 is 0 Å². The summed E-state index contributed by atoms with van der Waals surface area (Å²) in [5.41, 5.74) is 0.854. The lowest BCUT2D eigenvalue weighted by atomic mass is 9.75. The highest BCUT2D eigenvalue weighted by molar-refractivity contribution is 5.79. The number of carbonyl (C=O) groups is 1. The first kappa shape index (κ1) is 17.1. The van der Waals surface area contributed by atoms with E-state index < -0.39 is 0 Å². The fraction of sp³-hybridized carbons (Fsp3) is 0.706. The summed E-state index contributed by atoms with van der Waals surface area (Å²) in [6, 6.07) is 0.439. The van der Waals surface area contributed by atoms with Gasteiger partial charge in [-0.2, -0.15) is 0 Å². The molecule has 0 N–H and O–H groups in total. The van der Waals surface area contributed by atoms with Gasteiger partial charge in [0.2, 0.25) is 5.91 Å². The topological polar surface area (TPSA) is 63.5 Å². The van der Waals surface area contributed by atoms with Crippen molar-refractivity contribution in [3.63, 3.8) is 0 Å². The Morgan fingerprint density at radius 1 is 1.58 bits per heavy atom. The van der Waals surface area contributed by atoms with Crippen LogP contribution in [0.15, 0.2) is 18.9 Å². The highest BCUT2D eigenvalue weighted by atomic mass is 16.5. The molecule has 132 valence electrons. The Balaban J connectivity index is 1.60. The number of aromatic nitrogens is 3. The molecule has 2 bridgehead atoms. The smallest absolute Gasteiger partial charge is 0.227 e. The van der Waals surface area contributed by atoms with E-state index in [2.05, 4.69) is 21.8 Å². The fourth-order valence-corrected chi connectivity index (χ4v) is 4.03. The van der Waals surface area contributed by atoms with Crippen molar-refractivity contribution >= 4 is 5.91 Å². The Kier molecular flexibility index (Phi) is 5.30. The molecule has 4 heterocycles. The Hall–Kier alpha value is -1.73. The summed E-state index contributed by atoms with van der Waals surface area (Å²) in [6.45, 7) is 7.59. The minimum Gasteiger partial charge on any atom is -0.378 e. The van der Waals surface area contributed by atoms with Crippen molar-refractivity contribution in [1.82, 2.24) is 24.8 Å². The van der Waals surface area contributed by atoms with Gasteiger partial charge in [0.05, 0.1) is 25.3 Å². The van der Waals surface area contributed by atoms with Gasteiger partial charge in [-0.3, -0.25) is 14.4 Å². The maximum Gasteiger partial charge on any atom is 0.227 e. The molecule has 1 aromatic rings. The first-order valence-corrected chi connectivity index (χ1v) is 8.60. The van der Waals surface area contributed by atoms with E-state index in [0.29, 0.717) is 25.1 Å². The van der Waals surface area contributed by atoms with E-state index >= 15 is 0 Å². The predicted octanol–water partition coefficient (Wildman–Crippen LogP) is 0.779. The summed E-state index contributed by atoms with van der Waals surface area (Å²) in [5, 5.41) is 8.31. The predicted molar refractivity (Wildman–Crippen MR) is 90.1 cm³/mol.